The minimum absolute atomic E-state index is 0.188. The summed E-state index contributed by atoms with van der Waals surface area (Å²) in [4.78, 5) is 12.2. The quantitative estimate of drug-likeness (QED) is 0.670. The fourth-order valence-electron chi connectivity index (χ4n) is 1.73. The van der Waals surface area contributed by atoms with E-state index in [0.29, 0.717) is 15.6 Å². The number of carbonyl (C=O) groups excluding carboxylic acids is 1. The first kappa shape index (κ1) is 10.4. The third-order valence-corrected chi connectivity index (χ3v) is 3.17. The van der Waals surface area contributed by atoms with Crippen LogP contribution >= 0.6 is 15.9 Å². The average Bonchev–Trinajstić information content (AvgIpc) is 2.94. The Morgan fingerprint density at radius 1 is 1.12 bits per heavy atom. The SMILES string of the molecule is O=C(c1occc1Br)c1coc2ccccc12. The molecule has 3 aromatic rings. The minimum Gasteiger partial charge on any atom is -0.464 e. The zero-order valence-corrected chi connectivity index (χ0v) is 10.2. The van der Waals surface area contributed by atoms with Crippen molar-refractivity contribution in [2.45, 2.75) is 0 Å². The number of rotatable bonds is 2. The highest BCUT2D eigenvalue weighted by molar-refractivity contribution is 9.10. The first-order valence-corrected chi connectivity index (χ1v) is 5.80. The van der Waals surface area contributed by atoms with Gasteiger partial charge in [-0.25, -0.2) is 0 Å². The summed E-state index contributed by atoms with van der Waals surface area (Å²) in [6, 6.07) is 9.09. The molecule has 0 atom stereocenters. The van der Waals surface area contributed by atoms with Crippen molar-refractivity contribution >= 4 is 32.7 Å². The molecule has 17 heavy (non-hydrogen) atoms. The topological polar surface area (TPSA) is 43.4 Å². The van der Waals surface area contributed by atoms with Crippen molar-refractivity contribution in [2.75, 3.05) is 0 Å². The average molecular weight is 291 g/mol. The van der Waals surface area contributed by atoms with Gasteiger partial charge in [0.15, 0.2) is 5.76 Å². The van der Waals surface area contributed by atoms with E-state index in [9.17, 15) is 4.79 Å². The summed E-state index contributed by atoms with van der Waals surface area (Å²) in [5.41, 5.74) is 1.20. The number of hydrogen-bond donors (Lipinski definition) is 0. The van der Waals surface area contributed by atoms with Crippen LogP contribution < -0.4 is 0 Å². The second-order valence-corrected chi connectivity index (χ2v) is 4.43. The van der Waals surface area contributed by atoms with Gasteiger partial charge >= 0.3 is 0 Å². The molecule has 4 heteroatoms. The van der Waals surface area contributed by atoms with Crippen molar-refractivity contribution in [3.63, 3.8) is 0 Å². The lowest BCUT2D eigenvalue weighted by atomic mass is 10.1. The molecule has 0 unspecified atom stereocenters. The molecule has 0 saturated carbocycles. The van der Waals surface area contributed by atoms with Crippen molar-refractivity contribution < 1.29 is 13.6 Å². The minimum atomic E-state index is -0.188. The summed E-state index contributed by atoms with van der Waals surface area (Å²) in [6.07, 6.45) is 2.93. The van der Waals surface area contributed by atoms with Crippen LogP contribution in [0.1, 0.15) is 16.1 Å². The van der Waals surface area contributed by atoms with Crippen LogP contribution in [0.2, 0.25) is 0 Å². The Labute approximate surface area is 105 Å². The molecule has 0 fully saturated rings. The number of fused-ring (bicyclic) bond motifs is 1. The number of hydrogen-bond acceptors (Lipinski definition) is 3. The van der Waals surface area contributed by atoms with Gasteiger partial charge in [-0.15, -0.1) is 0 Å². The van der Waals surface area contributed by atoms with Gasteiger partial charge in [-0.2, -0.15) is 0 Å². The van der Waals surface area contributed by atoms with E-state index in [2.05, 4.69) is 15.9 Å². The monoisotopic (exact) mass is 290 g/mol. The van der Waals surface area contributed by atoms with Crippen LogP contribution in [0.15, 0.2) is 56.2 Å². The van der Waals surface area contributed by atoms with Crippen LogP contribution in [0.25, 0.3) is 11.0 Å². The predicted molar refractivity (Wildman–Crippen MR) is 66.1 cm³/mol. The Hall–Kier alpha value is -1.81. The number of furan rings is 2. The van der Waals surface area contributed by atoms with Crippen LogP contribution in [0.5, 0.6) is 0 Å². The molecule has 2 aromatic heterocycles. The molecule has 3 nitrogen and oxygen atoms in total. The highest BCUT2D eigenvalue weighted by atomic mass is 79.9. The fourth-order valence-corrected chi connectivity index (χ4v) is 2.11. The van der Waals surface area contributed by atoms with E-state index >= 15 is 0 Å². The van der Waals surface area contributed by atoms with Crippen LogP contribution in [-0.2, 0) is 0 Å². The van der Waals surface area contributed by atoms with Gasteiger partial charge in [0.05, 0.1) is 16.3 Å². The molecule has 0 saturated heterocycles. The van der Waals surface area contributed by atoms with Crippen molar-refractivity contribution in [3.8, 4) is 0 Å². The van der Waals surface area contributed by atoms with Gasteiger partial charge in [0.1, 0.15) is 11.8 Å². The molecule has 0 amide bonds. The Kier molecular flexibility index (Phi) is 2.37. The summed E-state index contributed by atoms with van der Waals surface area (Å²) in [7, 11) is 0. The summed E-state index contributed by atoms with van der Waals surface area (Å²) in [5.74, 6) is 0.100. The Bertz CT molecular complexity index is 693. The number of halogens is 1. The van der Waals surface area contributed by atoms with Gasteiger partial charge in [-0.1, -0.05) is 18.2 Å². The third kappa shape index (κ3) is 1.61. The maximum Gasteiger partial charge on any atom is 0.233 e. The largest absolute Gasteiger partial charge is 0.464 e. The molecule has 0 bridgehead atoms. The smallest absolute Gasteiger partial charge is 0.233 e. The highest BCUT2D eigenvalue weighted by Crippen LogP contribution is 2.26. The van der Waals surface area contributed by atoms with E-state index < -0.39 is 0 Å². The lowest BCUT2D eigenvalue weighted by molar-refractivity contribution is 0.101. The van der Waals surface area contributed by atoms with Crippen LogP contribution in [0.3, 0.4) is 0 Å². The van der Waals surface area contributed by atoms with Crippen molar-refractivity contribution in [1.29, 1.82) is 0 Å². The first-order valence-electron chi connectivity index (χ1n) is 5.01. The summed E-state index contributed by atoms with van der Waals surface area (Å²) in [6.45, 7) is 0. The molecular weight excluding hydrogens is 284 g/mol. The molecule has 84 valence electrons. The van der Waals surface area contributed by atoms with E-state index in [-0.39, 0.29) is 11.5 Å². The molecule has 0 N–H and O–H groups in total. The fraction of sp³-hybridized carbons (Fsp3) is 0. The van der Waals surface area contributed by atoms with E-state index in [1.807, 2.05) is 24.3 Å². The van der Waals surface area contributed by atoms with Crippen LogP contribution in [-0.4, -0.2) is 5.78 Å². The molecule has 0 aliphatic rings. The van der Waals surface area contributed by atoms with Gasteiger partial charge in [-0.3, -0.25) is 4.79 Å². The number of para-hydroxylation sites is 1. The van der Waals surface area contributed by atoms with Crippen molar-refractivity contribution in [3.05, 3.63) is 58.7 Å². The van der Waals surface area contributed by atoms with Gasteiger partial charge in [-0.05, 0) is 28.1 Å². The summed E-state index contributed by atoms with van der Waals surface area (Å²) < 4.78 is 11.1. The van der Waals surface area contributed by atoms with Gasteiger partial charge in [0.25, 0.3) is 0 Å². The number of carbonyl (C=O) groups is 1. The zero-order valence-electron chi connectivity index (χ0n) is 8.64. The van der Waals surface area contributed by atoms with Gasteiger partial charge in [0, 0.05) is 5.39 Å². The van der Waals surface area contributed by atoms with Crippen molar-refractivity contribution in [1.82, 2.24) is 0 Å². The maximum absolute atomic E-state index is 12.2. The zero-order chi connectivity index (χ0) is 11.8. The van der Waals surface area contributed by atoms with E-state index in [4.69, 9.17) is 8.83 Å². The Balaban J connectivity index is 2.17. The van der Waals surface area contributed by atoms with Gasteiger partial charge < -0.3 is 8.83 Å². The molecule has 2 heterocycles. The lowest BCUT2D eigenvalue weighted by Crippen LogP contribution is -1.98. The third-order valence-electron chi connectivity index (χ3n) is 2.55. The second kappa shape index (κ2) is 3.89. The van der Waals surface area contributed by atoms with Gasteiger partial charge in [0.2, 0.25) is 5.78 Å². The summed E-state index contributed by atoms with van der Waals surface area (Å²) in [5, 5.41) is 0.792. The predicted octanol–water partition coefficient (Wildman–Crippen LogP) is 4.02. The number of ketones is 1. The Morgan fingerprint density at radius 3 is 2.71 bits per heavy atom. The Morgan fingerprint density at radius 2 is 1.94 bits per heavy atom. The number of benzene rings is 1. The molecule has 0 aliphatic carbocycles. The molecular formula is C13H7BrO3. The molecule has 1 aromatic carbocycles. The summed E-state index contributed by atoms with van der Waals surface area (Å²) >= 11 is 3.27. The molecule has 0 radical (unpaired) electrons. The van der Waals surface area contributed by atoms with Crippen LogP contribution in [0.4, 0.5) is 0 Å². The van der Waals surface area contributed by atoms with E-state index in [0.717, 1.165) is 5.39 Å². The maximum atomic E-state index is 12.2. The van der Waals surface area contributed by atoms with Crippen molar-refractivity contribution in [2.24, 2.45) is 0 Å². The van der Waals surface area contributed by atoms with Crippen LogP contribution in [0, 0.1) is 0 Å². The second-order valence-electron chi connectivity index (χ2n) is 3.57. The van der Waals surface area contributed by atoms with E-state index in [1.165, 1.54) is 12.5 Å². The highest BCUT2D eigenvalue weighted by Gasteiger charge is 2.20. The molecule has 3 rings (SSSR count). The first-order chi connectivity index (χ1) is 8.27. The normalized spacial score (nSPS) is 10.9. The molecule has 0 spiro atoms. The standard InChI is InChI=1S/C13H7BrO3/c14-10-5-6-16-13(10)12(15)9-7-17-11-4-2-1-3-8(9)11/h1-7H. The molecule has 0 aliphatic heterocycles. The lowest BCUT2D eigenvalue weighted by Gasteiger charge is -1.95. The van der Waals surface area contributed by atoms with E-state index in [1.54, 1.807) is 6.07 Å².